The summed E-state index contributed by atoms with van der Waals surface area (Å²) in [5.41, 5.74) is 1.20. The molecule has 92 valence electrons. The van der Waals surface area contributed by atoms with Crippen LogP contribution in [0.5, 0.6) is 0 Å². The predicted molar refractivity (Wildman–Crippen MR) is 66.5 cm³/mol. The standard InChI is InChI=1S/C13H19N3O/c17-13(10-15-9-12-1-2-12)16-8-5-11-3-6-14-7-4-11/h3-4,6-7,12,15H,1-2,5,8-10H2,(H,16,17). The summed E-state index contributed by atoms with van der Waals surface area (Å²) in [5, 5.41) is 6.08. The van der Waals surface area contributed by atoms with E-state index in [2.05, 4.69) is 15.6 Å². The van der Waals surface area contributed by atoms with E-state index in [1.165, 1.54) is 18.4 Å². The summed E-state index contributed by atoms with van der Waals surface area (Å²) in [5.74, 6) is 0.902. The number of carbonyl (C=O) groups excluding carboxylic acids is 1. The van der Waals surface area contributed by atoms with E-state index in [0.717, 1.165) is 18.9 Å². The van der Waals surface area contributed by atoms with Gasteiger partial charge in [-0.3, -0.25) is 9.78 Å². The second-order valence-corrected chi connectivity index (χ2v) is 4.53. The topological polar surface area (TPSA) is 54.0 Å². The predicted octanol–water partition coefficient (Wildman–Crippen LogP) is 0.740. The molecule has 0 bridgehead atoms. The zero-order chi connectivity index (χ0) is 11.9. The Morgan fingerprint density at radius 2 is 2.12 bits per heavy atom. The number of hydrogen-bond donors (Lipinski definition) is 2. The minimum Gasteiger partial charge on any atom is -0.355 e. The number of nitrogens with zero attached hydrogens (tertiary/aromatic N) is 1. The molecule has 1 aromatic heterocycles. The van der Waals surface area contributed by atoms with Gasteiger partial charge in [-0.1, -0.05) is 0 Å². The van der Waals surface area contributed by atoms with E-state index in [0.29, 0.717) is 13.1 Å². The number of rotatable bonds is 7. The molecule has 1 heterocycles. The third kappa shape index (κ3) is 4.95. The molecule has 2 rings (SSSR count). The maximum Gasteiger partial charge on any atom is 0.233 e. The Bertz CT molecular complexity index is 349. The lowest BCUT2D eigenvalue weighted by atomic mass is 10.2. The summed E-state index contributed by atoms with van der Waals surface area (Å²) in [7, 11) is 0. The van der Waals surface area contributed by atoms with Crippen LogP contribution in [0.3, 0.4) is 0 Å². The van der Waals surface area contributed by atoms with Crippen LogP contribution in [0.1, 0.15) is 18.4 Å². The summed E-state index contributed by atoms with van der Waals surface area (Å²) in [6.07, 6.45) is 7.03. The van der Waals surface area contributed by atoms with Crippen molar-refractivity contribution in [3.05, 3.63) is 30.1 Å². The molecule has 1 saturated carbocycles. The largest absolute Gasteiger partial charge is 0.355 e. The molecular weight excluding hydrogens is 214 g/mol. The lowest BCUT2D eigenvalue weighted by Crippen LogP contribution is -2.35. The Labute approximate surface area is 102 Å². The normalized spacial score (nSPS) is 14.6. The molecule has 0 aliphatic heterocycles. The summed E-state index contributed by atoms with van der Waals surface area (Å²) < 4.78 is 0. The highest BCUT2D eigenvalue weighted by Crippen LogP contribution is 2.27. The first-order valence-corrected chi connectivity index (χ1v) is 6.21. The lowest BCUT2D eigenvalue weighted by molar-refractivity contribution is -0.120. The molecule has 0 spiro atoms. The van der Waals surface area contributed by atoms with Crippen LogP contribution in [-0.4, -0.2) is 30.5 Å². The monoisotopic (exact) mass is 233 g/mol. The third-order valence-corrected chi connectivity index (χ3v) is 2.90. The lowest BCUT2D eigenvalue weighted by Gasteiger charge is -2.06. The molecule has 0 radical (unpaired) electrons. The van der Waals surface area contributed by atoms with E-state index in [9.17, 15) is 4.79 Å². The fourth-order valence-electron chi connectivity index (χ4n) is 1.67. The third-order valence-electron chi connectivity index (χ3n) is 2.90. The van der Waals surface area contributed by atoms with Gasteiger partial charge in [0.25, 0.3) is 0 Å². The summed E-state index contributed by atoms with van der Waals surface area (Å²) in [6, 6.07) is 3.94. The van der Waals surface area contributed by atoms with Crippen molar-refractivity contribution in [3.63, 3.8) is 0 Å². The van der Waals surface area contributed by atoms with Gasteiger partial charge in [0.2, 0.25) is 5.91 Å². The zero-order valence-electron chi connectivity index (χ0n) is 9.98. The molecule has 4 nitrogen and oxygen atoms in total. The van der Waals surface area contributed by atoms with Gasteiger partial charge < -0.3 is 10.6 Å². The van der Waals surface area contributed by atoms with Crippen LogP contribution in [0.15, 0.2) is 24.5 Å². The first-order valence-electron chi connectivity index (χ1n) is 6.21. The Morgan fingerprint density at radius 1 is 1.35 bits per heavy atom. The first-order chi connectivity index (χ1) is 8.34. The minimum atomic E-state index is 0.0831. The zero-order valence-corrected chi connectivity index (χ0v) is 9.98. The number of pyridine rings is 1. The number of nitrogens with one attached hydrogen (secondary N) is 2. The fourth-order valence-corrected chi connectivity index (χ4v) is 1.67. The molecule has 0 unspecified atom stereocenters. The molecular formula is C13H19N3O. The van der Waals surface area contributed by atoms with E-state index in [-0.39, 0.29) is 5.91 Å². The molecule has 0 atom stereocenters. The molecule has 0 aromatic carbocycles. The van der Waals surface area contributed by atoms with Gasteiger partial charge in [0.15, 0.2) is 0 Å². The SMILES string of the molecule is O=C(CNCC1CC1)NCCc1ccncc1. The summed E-state index contributed by atoms with van der Waals surface area (Å²) in [4.78, 5) is 15.4. The molecule has 1 aliphatic carbocycles. The van der Waals surface area contributed by atoms with Crippen LogP contribution < -0.4 is 10.6 Å². The van der Waals surface area contributed by atoms with Gasteiger partial charge in [0, 0.05) is 18.9 Å². The smallest absolute Gasteiger partial charge is 0.233 e. The Morgan fingerprint density at radius 3 is 2.82 bits per heavy atom. The van der Waals surface area contributed by atoms with Crippen molar-refractivity contribution in [1.82, 2.24) is 15.6 Å². The second kappa shape index (κ2) is 6.35. The van der Waals surface area contributed by atoms with Crippen molar-refractivity contribution < 1.29 is 4.79 Å². The van der Waals surface area contributed by atoms with E-state index < -0.39 is 0 Å². The number of hydrogen-bond acceptors (Lipinski definition) is 3. The first kappa shape index (κ1) is 12.0. The Kier molecular flexibility index (Phi) is 4.50. The van der Waals surface area contributed by atoms with Crippen molar-refractivity contribution in [1.29, 1.82) is 0 Å². The van der Waals surface area contributed by atoms with Crippen LogP contribution in [0.2, 0.25) is 0 Å². The molecule has 1 aliphatic rings. The molecule has 1 fully saturated rings. The summed E-state index contributed by atoms with van der Waals surface area (Å²) >= 11 is 0. The molecule has 2 N–H and O–H groups in total. The van der Waals surface area contributed by atoms with Crippen LogP contribution >= 0.6 is 0 Å². The maximum absolute atomic E-state index is 11.4. The van der Waals surface area contributed by atoms with Gasteiger partial charge in [-0.25, -0.2) is 0 Å². The van der Waals surface area contributed by atoms with E-state index in [1.807, 2.05) is 12.1 Å². The van der Waals surface area contributed by atoms with Gasteiger partial charge in [-0.15, -0.1) is 0 Å². The minimum absolute atomic E-state index is 0.0831. The molecule has 17 heavy (non-hydrogen) atoms. The Balaban J connectivity index is 1.53. The van der Waals surface area contributed by atoms with Gasteiger partial charge in [-0.2, -0.15) is 0 Å². The second-order valence-electron chi connectivity index (χ2n) is 4.53. The molecule has 0 saturated heterocycles. The van der Waals surface area contributed by atoms with Gasteiger partial charge in [0.05, 0.1) is 6.54 Å². The number of amides is 1. The van der Waals surface area contributed by atoms with Crippen molar-refractivity contribution >= 4 is 5.91 Å². The van der Waals surface area contributed by atoms with E-state index in [1.54, 1.807) is 12.4 Å². The highest BCUT2D eigenvalue weighted by Gasteiger charge is 2.20. The van der Waals surface area contributed by atoms with Crippen LogP contribution in [-0.2, 0) is 11.2 Å². The fraction of sp³-hybridized carbons (Fsp3) is 0.538. The van der Waals surface area contributed by atoms with Crippen LogP contribution in [0, 0.1) is 5.92 Å². The molecule has 1 aromatic rings. The van der Waals surface area contributed by atoms with Crippen LogP contribution in [0.4, 0.5) is 0 Å². The van der Waals surface area contributed by atoms with Crippen molar-refractivity contribution in [2.75, 3.05) is 19.6 Å². The van der Waals surface area contributed by atoms with Crippen molar-refractivity contribution in [3.8, 4) is 0 Å². The highest BCUT2D eigenvalue weighted by atomic mass is 16.1. The average molecular weight is 233 g/mol. The number of aromatic nitrogens is 1. The van der Waals surface area contributed by atoms with Gasteiger partial charge >= 0.3 is 0 Å². The number of carbonyl (C=O) groups is 1. The summed E-state index contributed by atoms with van der Waals surface area (Å²) in [6.45, 7) is 2.11. The van der Waals surface area contributed by atoms with Crippen LogP contribution in [0.25, 0.3) is 0 Å². The van der Waals surface area contributed by atoms with E-state index >= 15 is 0 Å². The van der Waals surface area contributed by atoms with Crippen molar-refractivity contribution in [2.24, 2.45) is 5.92 Å². The molecule has 1 amide bonds. The Hall–Kier alpha value is -1.42. The van der Waals surface area contributed by atoms with Crippen molar-refractivity contribution in [2.45, 2.75) is 19.3 Å². The van der Waals surface area contributed by atoms with Gasteiger partial charge in [0.1, 0.15) is 0 Å². The van der Waals surface area contributed by atoms with Gasteiger partial charge in [-0.05, 0) is 49.4 Å². The maximum atomic E-state index is 11.4. The highest BCUT2D eigenvalue weighted by molar-refractivity contribution is 5.77. The average Bonchev–Trinajstić information content (AvgIpc) is 3.14. The van der Waals surface area contributed by atoms with E-state index in [4.69, 9.17) is 0 Å². The molecule has 4 heteroatoms. The quantitative estimate of drug-likeness (QED) is 0.730.